The van der Waals surface area contributed by atoms with Crippen molar-refractivity contribution in [2.45, 2.75) is 18.2 Å². The zero-order valence-corrected chi connectivity index (χ0v) is 16.4. The lowest BCUT2D eigenvalue weighted by Gasteiger charge is -2.22. The Morgan fingerprint density at radius 3 is 2.67 bits per heavy atom. The van der Waals surface area contributed by atoms with Gasteiger partial charge in [0.2, 0.25) is 10.0 Å². The number of carbonyl (C=O) groups is 1. The van der Waals surface area contributed by atoms with E-state index in [1.165, 1.54) is 21.4 Å². The minimum atomic E-state index is -3.61. The van der Waals surface area contributed by atoms with E-state index >= 15 is 0 Å². The summed E-state index contributed by atoms with van der Waals surface area (Å²) in [4.78, 5) is 14.8. The second kappa shape index (κ2) is 8.10. The topological polar surface area (TPSA) is 84.7 Å². The molecule has 146 valence electrons. The van der Waals surface area contributed by atoms with Crippen molar-refractivity contribution in [3.05, 3.63) is 42.2 Å². The number of hydrogen-bond acceptors (Lipinski definition) is 5. The Balaban J connectivity index is 1.74. The number of ether oxygens (including phenoxy) is 1. The highest BCUT2D eigenvalue weighted by Crippen LogP contribution is 2.22. The van der Waals surface area contributed by atoms with Crippen molar-refractivity contribution < 1.29 is 17.9 Å². The van der Waals surface area contributed by atoms with Gasteiger partial charge in [0, 0.05) is 39.4 Å². The van der Waals surface area contributed by atoms with Crippen LogP contribution >= 0.6 is 0 Å². The first kappa shape index (κ1) is 19.4. The zero-order valence-electron chi connectivity index (χ0n) is 15.5. The van der Waals surface area contributed by atoms with Gasteiger partial charge in [-0.15, -0.1) is 0 Å². The number of amides is 1. The molecule has 1 saturated heterocycles. The predicted octanol–water partition coefficient (Wildman–Crippen LogP) is 1.36. The Bertz CT molecular complexity index is 910. The number of sulfonamides is 1. The van der Waals surface area contributed by atoms with Crippen LogP contribution in [0.3, 0.4) is 0 Å². The summed E-state index contributed by atoms with van der Waals surface area (Å²) in [7, 11) is -1.93. The number of benzene rings is 1. The third-order valence-corrected chi connectivity index (χ3v) is 6.33. The molecule has 1 amide bonds. The summed E-state index contributed by atoms with van der Waals surface area (Å²) in [6, 6.07) is 7.13. The van der Waals surface area contributed by atoms with Crippen LogP contribution in [0.25, 0.3) is 0 Å². The first-order chi connectivity index (χ1) is 12.9. The standard InChI is InChI=1S/C18H24N4O4S/c1-3-26-17-8-5-4-7-16(17)18(23)21-9-6-10-22(12-11-21)27(24,25)15-13-19-20(2)14-15/h4-5,7-8,13-14H,3,6,9-12H2,1-2H3. The lowest BCUT2D eigenvalue weighted by atomic mass is 10.1. The molecule has 1 aromatic carbocycles. The van der Waals surface area contributed by atoms with Gasteiger partial charge in [-0.1, -0.05) is 12.1 Å². The first-order valence-electron chi connectivity index (χ1n) is 8.93. The maximum atomic E-state index is 12.9. The molecule has 0 unspecified atom stereocenters. The molecule has 0 saturated carbocycles. The van der Waals surface area contributed by atoms with Gasteiger partial charge in [0.05, 0.1) is 18.4 Å². The Labute approximate surface area is 159 Å². The van der Waals surface area contributed by atoms with Gasteiger partial charge in [-0.2, -0.15) is 9.40 Å². The monoisotopic (exact) mass is 392 g/mol. The van der Waals surface area contributed by atoms with Crippen LogP contribution in [0.1, 0.15) is 23.7 Å². The molecule has 0 spiro atoms. The molecule has 0 radical (unpaired) electrons. The molecule has 2 aromatic rings. The highest BCUT2D eigenvalue weighted by atomic mass is 32.2. The second-order valence-corrected chi connectivity index (χ2v) is 8.27. The molecule has 0 N–H and O–H groups in total. The van der Waals surface area contributed by atoms with Crippen molar-refractivity contribution in [3.8, 4) is 5.75 Å². The summed E-state index contributed by atoms with van der Waals surface area (Å²) in [5.74, 6) is 0.411. The lowest BCUT2D eigenvalue weighted by molar-refractivity contribution is 0.0760. The smallest absolute Gasteiger partial charge is 0.257 e. The fraction of sp³-hybridized carbons (Fsp3) is 0.444. The van der Waals surface area contributed by atoms with Crippen molar-refractivity contribution in [1.29, 1.82) is 0 Å². The van der Waals surface area contributed by atoms with E-state index in [0.717, 1.165) is 0 Å². The van der Waals surface area contributed by atoms with E-state index in [2.05, 4.69) is 5.10 Å². The molecular formula is C18H24N4O4S. The summed E-state index contributed by atoms with van der Waals surface area (Å²) in [5, 5.41) is 3.94. The molecule has 1 aliphatic rings. The molecule has 0 atom stereocenters. The van der Waals surface area contributed by atoms with E-state index in [4.69, 9.17) is 4.74 Å². The number of hydrogen-bond donors (Lipinski definition) is 0. The van der Waals surface area contributed by atoms with Crippen LogP contribution in [-0.4, -0.2) is 66.1 Å². The van der Waals surface area contributed by atoms with Crippen molar-refractivity contribution in [2.75, 3.05) is 32.8 Å². The van der Waals surface area contributed by atoms with Gasteiger partial charge in [-0.05, 0) is 25.5 Å². The molecule has 1 aromatic heterocycles. The fourth-order valence-corrected chi connectivity index (χ4v) is 4.57. The molecule has 2 heterocycles. The van der Waals surface area contributed by atoms with E-state index in [-0.39, 0.29) is 17.3 Å². The van der Waals surface area contributed by atoms with Crippen LogP contribution in [-0.2, 0) is 17.1 Å². The summed E-state index contributed by atoms with van der Waals surface area (Å²) in [6.07, 6.45) is 3.41. The van der Waals surface area contributed by atoms with E-state index in [1.54, 1.807) is 30.1 Å². The molecule has 9 heteroatoms. The number of aryl methyl sites for hydroxylation is 1. The molecule has 3 rings (SSSR count). The third kappa shape index (κ3) is 4.14. The highest BCUT2D eigenvalue weighted by molar-refractivity contribution is 7.89. The van der Waals surface area contributed by atoms with Gasteiger partial charge < -0.3 is 9.64 Å². The van der Waals surface area contributed by atoms with Crippen LogP contribution in [0.4, 0.5) is 0 Å². The van der Waals surface area contributed by atoms with E-state index < -0.39 is 10.0 Å². The van der Waals surface area contributed by atoms with Gasteiger partial charge in [-0.25, -0.2) is 8.42 Å². The fourth-order valence-electron chi connectivity index (χ4n) is 3.11. The van der Waals surface area contributed by atoms with Gasteiger partial charge >= 0.3 is 0 Å². The Kier molecular flexibility index (Phi) is 5.81. The maximum Gasteiger partial charge on any atom is 0.257 e. The predicted molar refractivity (Wildman–Crippen MR) is 100 cm³/mol. The average molecular weight is 392 g/mol. The Morgan fingerprint density at radius 2 is 1.96 bits per heavy atom. The first-order valence-corrected chi connectivity index (χ1v) is 10.4. The number of aromatic nitrogens is 2. The van der Waals surface area contributed by atoms with Crippen molar-refractivity contribution in [1.82, 2.24) is 19.0 Å². The number of para-hydroxylation sites is 1. The Hall–Kier alpha value is -2.39. The molecule has 0 bridgehead atoms. The van der Waals surface area contributed by atoms with Crippen LogP contribution in [0, 0.1) is 0 Å². The SMILES string of the molecule is CCOc1ccccc1C(=O)N1CCCN(S(=O)(=O)c2cnn(C)c2)CC1. The largest absolute Gasteiger partial charge is 0.493 e. The molecule has 0 aliphatic carbocycles. The van der Waals surface area contributed by atoms with Crippen molar-refractivity contribution >= 4 is 15.9 Å². The Morgan fingerprint density at radius 1 is 1.19 bits per heavy atom. The third-order valence-electron chi connectivity index (χ3n) is 4.48. The van der Waals surface area contributed by atoms with E-state index in [9.17, 15) is 13.2 Å². The lowest BCUT2D eigenvalue weighted by Crippen LogP contribution is -2.37. The minimum Gasteiger partial charge on any atom is -0.493 e. The molecule has 8 nitrogen and oxygen atoms in total. The van der Waals surface area contributed by atoms with Gasteiger partial charge in [0.1, 0.15) is 10.6 Å². The molecule has 1 fully saturated rings. The normalized spacial score (nSPS) is 16.1. The molecule has 27 heavy (non-hydrogen) atoms. The summed E-state index contributed by atoms with van der Waals surface area (Å²) in [6.45, 7) is 3.79. The van der Waals surface area contributed by atoms with E-state index in [1.807, 2.05) is 13.0 Å². The average Bonchev–Trinajstić information content (AvgIpc) is 2.95. The van der Waals surface area contributed by atoms with Crippen LogP contribution in [0.5, 0.6) is 5.75 Å². The maximum absolute atomic E-state index is 12.9. The van der Waals surface area contributed by atoms with Gasteiger partial charge in [0.25, 0.3) is 5.91 Å². The highest BCUT2D eigenvalue weighted by Gasteiger charge is 2.30. The summed E-state index contributed by atoms with van der Waals surface area (Å²) in [5.41, 5.74) is 0.503. The van der Waals surface area contributed by atoms with Gasteiger partial charge in [0.15, 0.2) is 0 Å². The van der Waals surface area contributed by atoms with Crippen molar-refractivity contribution in [2.24, 2.45) is 7.05 Å². The van der Waals surface area contributed by atoms with Crippen LogP contribution in [0.2, 0.25) is 0 Å². The van der Waals surface area contributed by atoms with Gasteiger partial charge in [-0.3, -0.25) is 9.48 Å². The zero-order chi connectivity index (χ0) is 19.4. The quantitative estimate of drug-likeness (QED) is 0.767. The molecular weight excluding hydrogens is 368 g/mol. The molecule has 1 aliphatic heterocycles. The summed E-state index contributed by atoms with van der Waals surface area (Å²) < 4.78 is 34.0. The van der Waals surface area contributed by atoms with Crippen LogP contribution < -0.4 is 4.74 Å². The van der Waals surface area contributed by atoms with Crippen LogP contribution in [0.15, 0.2) is 41.6 Å². The second-order valence-electron chi connectivity index (χ2n) is 6.33. The summed E-state index contributed by atoms with van der Waals surface area (Å²) >= 11 is 0. The van der Waals surface area contributed by atoms with E-state index in [0.29, 0.717) is 44.0 Å². The number of carbonyl (C=O) groups excluding carboxylic acids is 1. The minimum absolute atomic E-state index is 0.139. The number of nitrogens with zero attached hydrogens (tertiary/aromatic N) is 4. The number of rotatable bonds is 5. The van der Waals surface area contributed by atoms with Crippen molar-refractivity contribution in [3.63, 3.8) is 0 Å².